The van der Waals surface area contributed by atoms with Gasteiger partial charge in [0.2, 0.25) is 0 Å². The smallest absolute Gasteiger partial charge is 0.462 e. The molecule has 13 nitrogen and oxygen atoms in total. The number of carbonyl (C=O) groups excluding carboxylic acids is 2. The van der Waals surface area contributed by atoms with Crippen molar-refractivity contribution in [3.63, 3.8) is 0 Å². The molecule has 0 spiro atoms. The highest BCUT2D eigenvalue weighted by Crippen LogP contribution is 2.47. The highest BCUT2D eigenvalue weighted by atomic mass is 31.2. The van der Waals surface area contributed by atoms with Crippen LogP contribution in [0, 0.1) is 0 Å². The first-order valence-corrected chi connectivity index (χ1v) is 25.2. The van der Waals surface area contributed by atoms with Crippen LogP contribution in [0.25, 0.3) is 0 Å². The maximum atomic E-state index is 12.8. The number of aliphatic hydroxyl groups excluding tert-OH is 5. The molecule has 6 N–H and O–H groups in total. The summed E-state index contributed by atoms with van der Waals surface area (Å²) in [6.45, 7) is 3.20. The van der Waals surface area contributed by atoms with Crippen LogP contribution in [0.5, 0.6) is 0 Å². The fourth-order valence-electron chi connectivity index (χ4n) is 6.65. The van der Waals surface area contributed by atoms with Crippen molar-refractivity contribution in [2.75, 3.05) is 13.2 Å². The number of hydrogen-bond acceptors (Lipinski definition) is 12. The second-order valence-corrected chi connectivity index (χ2v) is 17.7. The molecule has 1 rings (SSSR count). The summed E-state index contributed by atoms with van der Waals surface area (Å²) in [7, 11) is -5.14. The molecule has 1 aliphatic rings. The van der Waals surface area contributed by atoms with Crippen LogP contribution in [0.4, 0.5) is 0 Å². The van der Waals surface area contributed by atoms with E-state index in [2.05, 4.69) is 86.8 Å². The normalized spacial score (nSPS) is 22.3. The van der Waals surface area contributed by atoms with E-state index in [1.54, 1.807) is 0 Å². The molecule has 63 heavy (non-hydrogen) atoms. The van der Waals surface area contributed by atoms with Gasteiger partial charge in [0.1, 0.15) is 43.2 Å². The zero-order chi connectivity index (χ0) is 46.4. The molecule has 0 aromatic heterocycles. The molecule has 1 fully saturated rings. The van der Waals surface area contributed by atoms with E-state index in [1.165, 1.54) is 38.5 Å². The summed E-state index contributed by atoms with van der Waals surface area (Å²) in [6.07, 6.45) is 35.2. The predicted octanol–water partition coefficient (Wildman–Crippen LogP) is 9.50. The molecule has 1 saturated carbocycles. The molecule has 8 atom stereocenters. The van der Waals surface area contributed by atoms with Crippen molar-refractivity contribution in [1.29, 1.82) is 0 Å². The molecule has 0 heterocycles. The number of carbonyl (C=O) groups is 2. The second-order valence-electron chi connectivity index (χ2n) is 16.3. The molecule has 0 saturated heterocycles. The molecule has 0 aliphatic heterocycles. The molecule has 0 aromatic carbocycles. The number of phosphoric ester groups is 1. The van der Waals surface area contributed by atoms with Crippen molar-refractivity contribution in [1.82, 2.24) is 0 Å². The van der Waals surface area contributed by atoms with E-state index in [0.29, 0.717) is 12.8 Å². The number of esters is 2. The van der Waals surface area contributed by atoms with Crippen molar-refractivity contribution in [3.05, 3.63) is 72.9 Å². The fraction of sp³-hybridized carbons (Fsp3) is 0.714. The number of aliphatic hydroxyl groups is 5. The Bertz CT molecular complexity index is 1380. The van der Waals surface area contributed by atoms with E-state index in [4.69, 9.17) is 18.5 Å². The third kappa shape index (κ3) is 31.0. The van der Waals surface area contributed by atoms with Crippen LogP contribution in [0.3, 0.4) is 0 Å². The Kier molecular flexibility index (Phi) is 35.7. The molecule has 0 bridgehead atoms. The van der Waals surface area contributed by atoms with Crippen LogP contribution in [0.15, 0.2) is 72.9 Å². The van der Waals surface area contributed by atoms with Gasteiger partial charge in [0, 0.05) is 12.8 Å². The Labute approximate surface area is 378 Å². The van der Waals surface area contributed by atoms with Gasteiger partial charge in [-0.3, -0.25) is 18.6 Å². The van der Waals surface area contributed by atoms with E-state index in [1.807, 2.05) is 0 Å². The number of unbranched alkanes of at least 4 members (excludes halogenated alkanes) is 14. The van der Waals surface area contributed by atoms with Crippen molar-refractivity contribution in [3.8, 4) is 0 Å². The van der Waals surface area contributed by atoms with Crippen molar-refractivity contribution in [2.24, 2.45) is 0 Å². The Morgan fingerprint density at radius 2 is 0.857 bits per heavy atom. The summed E-state index contributed by atoms with van der Waals surface area (Å²) < 4.78 is 33.5. The summed E-state index contributed by atoms with van der Waals surface area (Å²) in [4.78, 5) is 35.7. The first kappa shape index (κ1) is 58.3. The monoisotopic (exact) mass is 911 g/mol. The maximum absolute atomic E-state index is 12.8. The van der Waals surface area contributed by atoms with Gasteiger partial charge in [-0.1, -0.05) is 138 Å². The molecule has 14 heteroatoms. The predicted molar refractivity (Wildman–Crippen MR) is 249 cm³/mol. The Morgan fingerprint density at radius 3 is 1.29 bits per heavy atom. The lowest BCUT2D eigenvalue weighted by atomic mass is 9.85. The summed E-state index contributed by atoms with van der Waals surface area (Å²) in [5.41, 5.74) is 0. The van der Waals surface area contributed by atoms with Crippen LogP contribution in [-0.2, 0) is 32.7 Å². The van der Waals surface area contributed by atoms with Gasteiger partial charge in [-0.15, -0.1) is 0 Å². The van der Waals surface area contributed by atoms with Crippen LogP contribution < -0.4 is 0 Å². The number of hydrogen-bond donors (Lipinski definition) is 6. The fourth-order valence-corrected chi connectivity index (χ4v) is 7.62. The number of rotatable bonds is 38. The minimum atomic E-state index is -5.14. The van der Waals surface area contributed by atoms with E-state index in [-0.39, 0.29) is 12.8 Å². The van der Waals surface area contributed by atoms with Crippen molar-refractivity contribution >= 4 is 19.8 Å². The summed E-state index contributed by atoms with van der Waals surface area (Å²) >= 11 is 0. The first-order valence-electron chi connectivity index (χ1n) is 23.7. The van der Waals surface area contributed by atoms with Gasteiger partial charge < -0.3 is 39.9 Å². The standard InChI is InChI=1S/C49H83O13P/c1-3-5-7-9-11-13-15-17-19-21-23-25-27-29-31-33-35-37-42(50)59-39-41(40-60-63(57,58)62-49-47(55)45(53)44(52)46(54)48(49)56)61-43(51)38-36-34-32-30-28-26-24-22-20-18-16-14-12-10-8-6-4-2/h11-14,17-20,23-26,41,44-49,52-56H,3-10,15-16,21-22,27-40H2,1-2H3,(H,57,58)/b13-11+,14-12+,19-17+,20-18+,25-23+,26-24+/t41-,44?,45-,46?,47?,48?,49?/m0/s1. The van der Waals surface area contributed by atoms with Gasteiger partial charge in [0.05, 0.1) is 6.61 Å². The van der Waals surface area contributed by atoms with Crippen LogP contribution >= 0.6 is 7.82 Å². The molecule has 0 radical (unpaired) electrons. The Balaban J connectivity index is 2.49. The molecular formula is C49H83O13P. The molecular weight excluding hydrogens is 827 g/mol. The molecule has 0 amide bonds. The summed E-state index contributed by atoms with van der Waals surface area (Å²) in [6, 6.07) is 0. The SMILES string of the molecule is CCCCC/C=C/C/C=C/C/C=C/CCCCCCC(=O)OC[C@@H](COP(=O)(O)OC1C(O)C(O)C(O)[C@H](O)C1O)OC(=O)CCCCCC/C=C/C/C=C/C/C=C/CCCCC. The van der Waals surface area contributed by atoms with E-state index < -0.39 is 75.7 Å². The zero-order valence-electron chi connectivity index (χ0n) is 38.3. The minimum absolute atomic E-state index is 0.0622. The second kappa shape index (κ2) is 38.5. The average molecular weight is 911 g/mol. The average Bonchev–Trinajstić information content (AvgIpc) is 3.26. The van der Waals surface area contributed by atoms with Crippen LogP contribution in [-0.4, -0.2) is 98.3 Å². The maximum Gasteiger partial charge on any atom is 0.472 e. The molecule has 362 valence electrons. The topological polar surface area (TPSA) is 210 Å². The minimum Gasteiger partial charge on any atom is -0.462 e. The van der Waals surface area contributed by atoms with Gasteiger partial charge in [0.15, 0.2) is 6.10 Å². The van der Waals surface area contributed by atoms with Gasteiger partial charge in [-0.2, -0.15) is 0 Å². The third-order valence-corrected chi connectivity index (χ3v) is 11.5. The summed E-state index contributed by atoms with van der Waals surface area (Å²) in [5, 5.41) is 50.2. The van der Waals surface area contributed by atoms with Gasteiger partial charge in [-0.05, 0) is 89.9 Å². The highest BCUT2D eigenvalue weighted by molar-refractivity contribution is 7.47. The third-order valence-electron chi connectivity index (χ3n) is 10.5. The number of phosphoric acid groups is 1. The lowest BCUT2D eigenvalue weighted by Gasteiger charge is -2.41. The van der Waals surface area contributed by atoms with E-state index in [9.17, 15) is 44.6 Å². The van der Waals surface area contributed by atoms with E-state index >= 15 is 0 Å². The zero-order valence-corrected chi connectivity index (χ0v) is 39.2. The highest BCUT2D eigenvalue weighted by Gasteiger charge is 2.51. The quantitative estimate of drug-likeness (QED) is 0.0148. The van der Waals surface area contributed by atoms with Crippen molar-refractivity contribution in [2.45, 2.75) is 211 Å². The Morgan fingerprint density at radius 1 is 0.492 bits per heavy atom. The lowest BCUT2D eigenvalue weighted by Crippen LogP contribution is -2.64. The Hall–Kier alpha value is -2.71. The van der Waals surface area contributed by atoms with Crippen LogP contribution in [0.2, 0.25) is 0 Å². The molecule has 1 aliphatic carbocycles. The summed E-state index contributed by atoms with van der Waals surface area (Å²) in [5.74, 6) is -1.16. The van der Waals surface area contributed by atoms with Gasteiger partial charge in [0.25, 0.3) is 0 Å². The first-order chi connectivity index (χ1) is 30.4. The largest absolute Gasteiger partial charge is 0.472 e. The lowest BCUT2D eigenvalue weighted by molar-refractivity contribution is -0.220. The van der Waals surface area contributed by atoms with Crippen LogP contribution in [0.1, 0.15) is 168 Å². The van der Waals surface area contributed by atoms with Gasteiger partial charge >= 0.3 is 19.8 Å². The van der Waals surface area contributed by atoms with Crippen molar-refractivity contribution < 1.29 is 63.1 Å². The number of ether oxygens (including phenoxy) is 2. The molecule has 6 unspecified atom stereocenters. The molecule has 0 aromatic rings. The number of allylic oxidation sites excluding steroid dienone is 12. The van der Waals surface area contributed by atoms with E-state index in [0.717, 1.165) is 89.9 Å². The van der Waals surface area contributed by atoms with Gasteiger partial charge in [-0.25, -0.2) is 4.57 Å².